The van der Waals surface area contributed by atoms with E-state index >= 15 is 0 Å². The van der Waals surface area contributed by atoms with Crippen LogP contribution in [0.1, 0.15) is 18.9 Å². The van der Waals surface area contributed by atoms with Crippen LogP contribution in [0.25, 0.3) is 11.0 Å². The van der Waals surface area contributed by atoms with Crippen LogP contribution in [-0.4, -0.2) is 46.2 Å². The fourth-order valence-electron chi connectivity index (χ4n) is 3.82. The highest BCUT2D eigenvalue weighted by Gasteiger charge is 2.31. The number of nitrogens with one attached hydrogen (secondary N) is 1. The molecule has 0 spiro atoms. The fourth-order valence-corrected chi connectivity index (χ4v) is 3.82. The van der Waals surface area contributed by atoms with Gasteiger partial charge in [0.25, 0.3) is 0 Å². The monoisotopic (exact) mass is 353 g/mol. The molecule has 0 saturated carbocycles. The van der Waals surface area contributed by atoms with Gasteiger partial charge in [0.05, 0.1) is 0 Å². The minimum Gasteiger partial charge on any atom is -0.354 e. The number of aromatic amines is 1. The molecule has 0 radical (unpaired) electrons. The van der Waals surface area contributed by atoms with E-state index in [2.05, 4.69) is 56.1 Å². The number of likely N-dealkylation sites (N-methyl/N-ethyl adjacent to an activating group) is 1. The number of benzene rings is 1. The SMILES string of the molecule is C[C@@H]1CCN(Cc2ccccc2)C[C@@H]1N(C)c1ncnc2[nH]oc(=O)c12. The Morgan fingerprint density at radius 2 is 2.12 bits per heavy atom. The van der Waals surface area contributed by atoms with Gasteiger partial charge in [-0.2, -0.15) is 5.16 Å². The van der Waals surface area contributed by atoms with Gasteiger partial charge in [0.2, 0.25) is 0 Å². The summed E-state index contributed by atoms with van der Waals surface area (Å²) >= 11 is 0. The Morgan fingerprint density at radius 1 is 1.31 bits per heavy atom. The molecular weight excluding hydrogens is 330 g/mol. The van der Waals surface area contributed by atoms with Crippen molar-refractivity contribution in [2.24, 2.45) is 5.92 Å². The van der Waals surface area contributed by atoms with Gasteiger partial charge in [-0.3, -0.25) is 4.90 Å². The molecule has 0 amide bonds. The molecule has 7 nitrogen and oxygen atoms in total. The fraction of sp³-hybridized carbons (Fsp3) is 0.421. The van der Waals surface area contributed by atoms with Gasteiger partial charge in [-0.1, -0.05) is 37.3 Å². The van der Waals surface area contributed by atoms with Crippen LogP contribution < -0.4 is 10.5 Å². The molecular formula is C19H23N5O2. The van der Waals surface area contributed by atoms with Crippen LogP contribution >= 0.6 is 0 Å². The largest absolute Gasteiger partial charge is 0.370 e. The zero-order chi connectivity index (χ0) is 18.1. The molecule has 136 valence electrons. The second-order valence-corrected chi connectivity index (χ2v) is 7.08. The topological polar surface area (TPSA) is 78.3 Å². The lowest BCUT2D eigenvalue weighted by Crippen LogP contribution is -2.51. The highest BCUT2D eigenvalue weighted by Crippen LogP contribution is 2.27. The van der Waals surface area contributed by atoms with Gasteiger partial charge in [-0.25, -0.2) is 14.8 Å². The Kier molecular flexibility index (Phi) is 4.46. The van der Waals surface area contributed by atoms with Crippen LogP contribution in [0.3, 0.4) is 0 Å². The predicted molar refractivity (Wildman–Crippen MR) is 100 cm³/mol. The molecule has 1 saturated heterocycles. The Bertz CT molecular complexity index is 936. The number of aromatic nitrogens is 3. The van der Waals surface area contributed by atoms with Crippen molar-refractivity contribution in [1.82, 2.24) is 20.0 Å². The first kappa shape index (κ1) is 16.8. The van der Waals surface area contributed by atoms with E-state index < -0.39 is 5.63 Å². The third kappa shape index (κ3) is 3.10. The van der Waals surface area contributed by atoms with E-state index in [9.17, 15) is 4.79 Å². The maximum absolute atomic E-state index is 12.1. The van der Waals surface area contributed by atoms with Crippen LogP contribution in [0.5, 0.6) is 0 Å². The lowest BCUT2D eigenvalue weighted by atomic mass is 9.92. The van der Waals surface area contributed by atoms with E-state index in [4.69, 9.17) is 4.52 Å². The normalized spacial score (nSPS) is 21.2. The molecule has 0 bridgehead atoms. The molecule has 3 heterocycles. The molecule has 0 unspecified atom stereocenters. The van der Waals surface area contributed by atoms with Crippen molar-refractivity contribution >= 4 is 16.9 Å². The van der Waals surface area contributed by atoms with Gasteiger partial charge >= 0.3 is 5.63 Å². The molecule has 1 fully saturated rings. The van der Waals surface area contributed by atoms with Gasteiger partial charge in [0.15, 0.2) is 5.65 Å². The maximum atomic E-state index is 12.1. The summed E-state index contributed by atoms with van der Waals surface area (Å²) in [5.74, 6) is 1.13. The summed E-state index contributed by atoms with van der Waals surface area (Å²) in [6.07, 6.45) is 2.58. The van der Waals surface area contributed by atoms with E-state index in [0.29, 0.717) is 22.8 Å². The van der Waals surface area contributed by atoms with Gasteiger partial charge in [0.1, 0.15) is 17.5 Å². The second kappa shape index (κ2) is 6.92. The standard InChI is InChI=1S/C19H23N5O2/c1-13-8-9-24(10-14-6-4-3-5-7-14)11-15(13)23(2)18-16-17(20-12-21-18)22-26-19(16)25/h3-7,12-13,15H,8-11H2,1-2H3,(H,20,21,22)/t13-,15+/m1/s1. The van der Waals surface area contributed by atoms with E-state index in [1.165, 1.54) is 11.9 Å². The van der Waals surface area contributed by atoms with Gasteiger partial charge in [0, 0.05) is 26.2 Å². The zero-order valence-electron chi connectivity index (χ0n) is 15.1. The maximum Gasteiger partial charge on any atom is 0.370 e. The predicted octanol–water partition coefficient (Wildman–Crippen LogP) is 2.26. The number of fused-ring (bicyclic) bond motifs is 1. The van der Waals surface area contributed by atoms with Crippen molar-refractivity contribution in [2.45, 2.75) is 25.9 Å². The van der Waals surface area contributed by atoms with Gasteiger partial charge in [-0.05, 0) is 24.4 Å². The molecule has 3 aromatic rings. The van der Waals surface area contributed by atoms with Crippen molar-refractivity contribution in [3.05, 3.63) is 52.6 Å². The molecule has 2 atom stereocenters. The Morgan fingerprint density at radius 3 is 2.92 bits per heavy atom. The Hall–Kier alpha value is -2.67. The van der Waals surface area contributed by atoms with Crippen LogP contribution in [0.15, 0.2) is 46.0 Å². The van der Waals surface area contributed by atoms with Crippen LogP contribution in [-0.2, 0) is 6.54 Å². The second-order valence-electron chi connectivity index (χ2n) is 7.08. The third-order valence-corrected chi connectivity index (χ3v) is 5.36. The third-order valence-electron chi connectivity index (χ3n) is 5.36. The lowest BCUT2D eigenvalue weighted by Gasteiger charge is -2.42. The van der Waals surface area contributed by atoms with Crippen LogP contribution in [0.4, 0.5) is 5.82 Å². The number of H-pyrrole nitrogens is 1. The first-order valence-corrected chi connectivity index (χ1v) is 8.95. The number of likely N-dealkylation sites (tertiary alicyclic amines) is 1. The van der Waals surface area contributed by atoms with Gasteiger partial charge in [-0.15, -0.1) is 0 Å². The minimum absolute atomic E-state index is 0.264. The molecule has 26 heavy (non-hydrogen) atoms. The molecule has 0 aliphatic carbocycles. The summed E-state index contributed by atoms with van der Waals surface area (Å²) in [7, 11) is 2.00. The quantitative estimate of drug-likeness (QED) is 0.775. The molecule has 1 aliphatic rings. The van der Waals surface area contributed by atoms with Crippen LogP contribution in [0.2, 0.25) is 0 Å². The molecule has 7 heteroatoms. The number of hydrogen-bond acceptors (Lipinski definition) is 6. The minimum atomic E-state index is -0.424. The highest BCUT2D eigenvalue weighted by molar-refractivity contribution is 5.85. The molecule has 2 aromatic heterocycles. The summed E-state index contributed by atoms with van der Waals surface area (Å²) in [5.41, 5.74) is 1.34. The van der Waals surface area contributed by atoms with Crippen molar-refractivity contribution in [3.8, 4) is 0 Å². The lowest BCUT2D eigenvalue weighted by molar-refractivity contribution is 0.159. The van der Waals surface area contributed by atoms with E-state index in [0.717, 1.165) is 26.1 Å². The number of piperidine rings is 1. The molecule has 4 rings (SSSR count). The number of hydrogen-bond donors (Lipinski definition) is 1. The molecule has 1 N–H and O–H groups in total. The van der Waals surface area contributed by atoms with Crippen LogP contribution in [0, 0.1) is 5.92 Å². The van der Waals surface area contributed by atoms with E-state index in [-0.39, 0.29) is 6.04 Å². The first-order valence-electron chi connectivity index (χ1n) is 8.95. The van der Waals surface area contributed by atoms with Gasteiger partial charge < -0.3 is 9.42 Å². The summed E-state index contributed by atoms with van der Waals surface area (Å²) in [4.78, 5) is 25.1. The number of anilines is 1. The van der Waals surface area contributed by atoms with Crippen molar-refractivity contribution in [2.75, 3.05) is 25.0 Å². The smallest absolute Gasteiger partial charge is 0.354 e. The first-order chi connectivity index (χ1) is 12.6. The van der Waals surface area contributed by atoms with E-state index in [1.54, 1.807) is 0 Å². The Labute approximate surface area is 151 Å². The van der Waals surface area contributed by atoms with Crippen molar-refractivity contribution in [1.29, 1.82) is 0 Å². The number of rotatable bonds is 4. The average molecular weight is 353 g/mol. The highest BCUT2D eigenvalue weighted by atomic mass is 16.5. The average Bonchev–Trinajstić information content (AvgIpc) is 3.05. The van der Waals surface area contributed by atoms with Crippen molar-refractivity contribution in [3.63, 3.8) is 0 Å². The Balaban J connectivity index is 1.58. The van der Waals surface area contributed by atoms with Crippen molar-refractivity contribution < 1.29 is 4.52 Å². The summed E-state index contributed by atoms with van der Waals surface area (Å²) in [6.45, 7) is 5.20. The van der Waals surface area contributed by atoms with E-state index in [1.807, 2.05) is 13.1 Å². The summed E-state index contributed by atoms with van der Waals surface area (Å²) in [6, 6.07) is 10.8. The zero-order valence-corrected chi connectivity index (χ0v) is 15.1. The number of nitrogens with zero attached hydrogens (tertiary/aromatic N) is 4. The molecule has 1 aliphatic heterocycles. The molecule has 1 aromatic carbocycles. The summed E-state index contributed by atoms with van der Waals surface area (Å²) in [5, 5.41) is 2.98. The summed E-state index contributed by atoms with van der Waals surface area (Å²) < 4.78 is 4.90.